The molecular weight excluding hydrogens is 402 g/mol. The molecule has 2 aromatic rings. The van der Waals surface area contributed by atoms with Gasteiger partial charge in [-0.3, -0.25) is 4.79 Å². The predicted octanol–water partition coefficient (Wildman–Crippen LogP) is 2.96. The molecule has 8 nitrogen and oxygen atoms in total. The molecular formula is C18H22ClN5O3S. The first-order valence-electron chi connectivity index (χ1n) is 9.36. The maximum absolute atomic E-state index is 12.6. The molecule has 4 rings (SSSR count). The molecule has 1 amide bonds. The molecule has 1 saturated carbocycles. The minimum absolute atomic E-state index is 0.101. The molecule has 1 atom stereocenters. The number of aromatic nitrogens is 3. The number of ether oxygens (including phenoxy) is 1. The summed E-state index contributed by atoms with van der Waals surface area (Å²) in [6.07, 6.45) is 5.36. The molecule has 1 aliphatic heterocycles. The van der Waals surface area contributed by atoms with Gasteiger partial charge in [0.2, 0.25) is 0 Å². The van der Waals surface area contributed by atoms with Crippen LogP contribution in [0.1, 0.15) is 42.8 Å². The van der Waals surface area contributed by atoms with Crippen molar-refractivity contribution < 1.29 is 9.53 Å². The van der Waals surface area contributed by atoms with Crippen LogP contribution in [0.3, 0.4) is 0 Å². The lowest BCUT2D eigenvalue weighted by Crippen LogP contribution is -2.45. The highest BCUT2D eigenvalue weighted by Crippen LogP contribution is 2.40. The molecule has 10 heteroatoms. The number of H-pyrrole nitrogens is 1. The van der Waals surface area contributed by atoms with E-state index in [4.69, 9.17) is 16.3 Å². The Morgan fingerprint density at radius 3 is 2.96 bits per heavy atom. The minimum atomic E-state index is -0.428. The van der Waals surface area contributed by atoms with Crippen molar-refractivity contribution in [2.24, 2.45) is 0 Å². The lowest BCUT2D eigenvalue weighted by Gasteiger charge is -2.28. The first-order valence-corrected chi connectivity index (χ1v) is 10.6. The number of hydrogen-bond acceptors (Lipinski definition) is 7. The van der Waals surface area contributed by atoms with Crippen LogP contribution in [0.5, 0.6) is 0 Å². The van der Waals surface area contributed by atoms with E-state index in [-0.39, 0.29) is 11.1 Å². The van der Waals surface area contributed by atoms with Crippen LogP contribution >= 0.6 is 22.9 Å². The van der Waals surface area contributed by atoms with Gasteiger partial charge in [0.15, 0.2) is 0 Å². The van der Waals surface area contributed by atoms with Gasteiger partial charge in [-0.05, 0) is 19.8 Å². The fourth-order valence-corrected chi connectivity index (χ4v) is 5.18. The van der Waals surface area contributed by atoms with Gasteiger partial charge in [-0.15, -0.1) is 11.3 Å². The van der Waals surface area contributed by atoms with Gasteiger partial charge in [0.25, 0.3) is 5.56 Å². The Morgan fingerprint density at radius 2 is 2.25 bits per heavy atom. The second-order valence-electron chi connectivity index (χ2n) is 7.37. The van der Waals surface area contributed by atoms with Crippen molar-refractivity contribution in [1.29, 1.82) is 0 Å². The summed E-state index contributed by atoms with van der Waals surface area (Å²) in [5.74, 6) is 0. The SMILES string of the molecule is Cc1csc(C2(NC(=O)O[C@@H]3CCN(c4cn[nH]c(=O)c4Cl)C3)CCCC2)n1. The van der Waals surface area contributed by atoms with Gasteiger partial charge in [-0.25, -0.2) is 14.9 Å². The second kappa shape index (κ2) is 7.71. The Hall–Kier alpha value is -2.13. The van der Waals surface area contributed by atoms with E-state index in [9.17, 15) is 9.59 Å². The van der Waals surface area contributed by atoms with Crippen LogP contribution in [-0.2, 0) is 10.3 Å². The summed E-state index contributed by atoms with van der Waals surface area (Å²) in [7, 11) is 0. The standard InChI is InChI=1S/C18H22ClN5O3S/c1-11-10-28-16(21-11)18(5-2-3-6-18)22-17(26)27-12-4-7-24(9-12)13-8-20-23-15(25)14(13)19/h8,10,12H,2-7,9H2,1H3,(H,22,26)(H,23,25)/t12-/m1/s1. The molecule has 28 heavy (non-hydrogen) atoms. The van der Waals surface area contributed by atoms with E-state index in [1.165, 1.54) is 6.20 Å². The van der Waals surface area contributed by atoms with Crippen molar-refractivity contribution in [1.82, 2.24) is 20.5 Å². The molecule has 0 radical (unpaired) electrons. The third-order valence-corrected chi connectivity index (χ3v) is 6.89. The lowest BCUT2D eigenvalue weighted by atomic mass is 9.99. The maximum atomic E-state index is 12.6. The van der Waals surface area contributed by atoms with Crippen LogP contribution in [0.15, 0.2) is 16.4 Å². The maximum Gasteiger partial charge on any atom is 0.408 e. The van der Waals surface area contributed by atoms with Crippen LogP contribution in [-0.4, -0.2) is 40.5 Å². The van der Waals surface area contributed by atoms with E-state index < -0.39 is 17.2 Å². The number of anilines is 1. The molecule has 0 aromatic carbocycles. The highest BCUT2D eigenvalue weighted by Gasteiger charge is 2.41. The van der Waals surface area contributed by atoms with E-state index >= 15 is 0 Å². The average molecular weight is 424 g/mol. The number of alkyl carbamates (subject to hydrolysis) is 1. The highest BCUT2D eigenvalue weighted by molar-refractivity contribution is 7.09. The Balaban J connectivity index is 1.40. The number of nitrogens with one attached hydrogen (secondary N) is 2. The predicted molar refractivity (Wildman–Crippen MR) is 107 cm³/mol. The summed E-state index contributed by atoms with van der Waals surface area (Å²) in [5, 5.41) is 12.3. The summed E-state index contributed by atoms with van der Waals surface area (Å²) in [4.78, 5) is 30.8. The van der Waals surface area contributed by atoms with E-state index in [1.807, 2.05) is 17.2 Å². The molecule has 1 aliphatic carbocycles. The summed E-state index contributed by atoms with van der Waals surface area (Å²) in [6.45, 7) is 3.07. The van der Waals surface area contributed by atoms with Crippen molar-refractivity contribution in [2.75, 3.05) is 18.0 Å². The summed E-state index contributed by atoms with van der Waals surface area (Å²) in [6, 6.07) is 0. The molecule has 0 bridgehead atoms. The first-order chi connectivity index (χ1) is 13.5. The monoisotopic (exact) mass is 423 g/mol. The average Bonchev–Trinajstić information content (AvgIpc) is 3.39. The Morgan fingerprint density at radius 1 is 1.46 bits per heavy atom. The number of amides is 1. The van der Waals surface area contributed by atoms with Gasteiger partial charge in [0, 0.05) is 24.0 Å². The number of rotatable bonds is 4. The lowest BCUT2D eigenvalue weighted by molar-refractivity contribution is 0.0969. The number of thiazole rings is 1. The number of aromatic amines is 1. The van der Waals surface area contributed by atoms with Crippen molar-refractivity contribution in [3.8, 4) is 0 Å². The molecule has 150 valence electrons. The number of hydrogen-bond donors (Lipinski definition) is 2. The quantitative estimate of drug-likeness (QED) is 0.784. The van der Waals surface area contributed by atoms with Gasteiger partial charge in [0.1, 0.15) is 16.1 Å². The Kier molecular flexibility index (Phi) is 5.29. The number of nitrogens with zero attached hydrogens (tertiary/aromatic N) is 3. The highest BCUT2D eigenvalue weighted by atomic mass is 35.5. The molecule has 2 N–H and O–H groups in total. The topological polar surface area (TPSA) is 100 Å². The number of aryl methyl sites for hydroxylation is 1. The van der Waals surface area contributed by atoms with E-state index in [1.54, 1.807) is 11.3 Å². The third-order valence-electron chi connectivity index (χ3n) is 5.36. The van der Waals surface area contributed by atoms with Crippen LogP contribution in [0, 0.1) is 6.92 Å². The largest absolute Gasteiger partial charge is 0.444 e. The zero-order chi connectivity index (χ0) is 19.7. The summed E-state index contributed by atoms with van der Waals surface area (Å²) >= 11 is 7.66. The zero-order valence-corrected chi connectivity index (χ0v) is 17.1. The smallest absolute Gasteiger partial charge is 0.408 e. The van der Waals surface area contributed by atoms with Crippen molar-refractivity contribution in [2.45, 2.75) is 50.7 Å². The normalized spacial score (nSPS) is 21.1. The number of carbonyl (C=O) groups excluding carboxylic acids is 1. The van der Waals surface area contributed by atoms with E-state index in [0.717, 1.165) is 36.4 Å². The Bertz CT molecular complexity index is 924. The fraction of sp³-hybridized carbons (Fsp3) is 0.556. The molecule has 2 fully saturated rings. The van der Waals surface area contributed by atoms with Crippen LogP contribution in [0.25, 0.3) is 0 Å². The van der Waals surface area contributed by atoms with Crippen LogP contribution < -0.4 is 15.8 Å². The van der Waals surface area contributed by atoms with Crippen LogP contribution in [0.4, 0.5) is 10.5 Å². The van der Waals surface area contributed by atoms with Gasteiger partial charge in [-0.1, -0.05) is 24.4 Å². The fourth-order valence-electron chi connectivity index (χ4n) is 3.96. The molecule has 2 aliphatic rings. The van der Waals surface area contributed by atoms with Gasteiger partial charge in [0.05, 0.1) is 24.0 Å². The van der Waals surface area contributed by atoms with Crippen molar-refractivity contribution >= 4 is 34.7 Å². The van der Waals surface area contributed by atoms with Gasteiger partial charge < -0.3 is 15.0 Å². The molecule has 3 heterocycles. The molecule has 0 unspecified atom stereocenters. The van der Waals surface area contributed by atoms with Crippen molar-refractivity contribution in [3.63, 3.8) is 0 Å². The van der Waals surface area contributed by atoms with E-state index in [2.05, 4.69) is 20.5 Å². The van der Waals surface area contributed by atoms with Crippen molar-refractivity contribution in [3.05, 3.63) is 37.7 Å². The molecule has 2 aromatic heterocycles. The second-order valence-corrected chi connectivity index (χ2v) is 8.60. The van der Waals surface area contributed by atoms with Gasteiger partial charge in [-0.2, -0.15) is 5.10 Å². The Labute approximate surface area is 171 Å². The minimum Gasteiger partial charge on any atom is -0.444 e. The number of carbonyl (C=O) groups is 1. The number of halogens is 1. The summed E-state index contributed by atoms with van der Waals surface area (Å²) in [5.41, 5.74) is 0.677. The van der Waals surface area contributed by atoms with E-state index in [0.29, 0.717) is 25.2 Å². The third kappa shape index (κ3) is 3.73. The van der Waals surface area contributed by atoms with Gasteiger partial charge >= 0.3 is 6.09 Å². The first kappa shape index (κ1) is 19.2. The molecule has 0 spiro atoms. The summed E-state index contributed by atoms with van der Waals surface area (Å²) < 4.78 is 5.68. The zero-order valence-electron chi connectivity index (χ0n) is 15.5. The van der Waals surface area contributed by atoms with Crippen LogP contribution in [0.2, 0.25) is 5.02 Å². The molecule has 1 saturated heterocycles.